The molecule has 0 aliphatic carbocycles. The summed E-state index contributed by atoms with van der Waals surface area (Å²) in [6.07, 6.45) is 5.86. The maximum absolute atomic E-state index is 11.6. The smallest absolute Gasteiger partial charge is 0.246 e. The third-order valence-electron chi connectivity index (χ3n) is 2.38. The van der Waals surface area contributed by atoms with Crippen LogP contribution in [0.3, 0.4) is 0 Å². The highest BCUT2D eigenvalue weighted by molar-refractivity contribution is 7.08. The molecule has 0 radical (unpaired) electrons. The molecule has 0 atom stereocenters. The van der Waals surface area contributed by atoms with Crippen molar-refractivity contribution in [2.24, 2.45) is 0 Å². The molecule has 1 aliphatic rings. The van der Waals surface area contributed by atoms with Crippen LogP contribution in [-0.4, -0.2) is 23.9 Å². The van der Waals surface area contributed by atoms with Gasteiger partial charge in [0.15, 0.2) is 0 Å². The van der Waals surface area contributed by atoms with E-state index in [4.69, 9.17) is 0 Å². The van der Waals surface area contributed by atoms with Crippen molar-refractivity contribution >= 4 is 23.3 Å². The molecule has 1 aromatic rings. The average molecular weight is 207 g/mol. The number of hydrogen-bond acceptors (Lipinski definition) is 2. The van der Waals surface area contributed by atoms with E-state index in [1.165, 1.54) is 0 Å². The molecule has 1 aromatic heterocycles. The van der Waals surface area contributed by atoms with Crippen LogP contribution in [0.1, 0.15) is 18.4 Å². The molecule has 0 spiro atoms. The van der Waals surface area contributed by atoms with Crippen LogP contribution < -0.4 is 0 Å². The Morgan fingerprint density at radius 1 is 1.43 bits per heavy atom. The molecule has 2 heterocycles. The molecule has 1 saturated heterocycles. The second kappa shape index (κ2) is 4.42. The van der Waals surface area contributed by atoms with Crippen LogP contribution in [0.2, 0.25) is 0 Å². The fourth-order valence-corrected chi connectivity index (χ4v) is 2.21. The van der Waals surface area contributed by atoms with Gasteiger partial charge < -0.3 is 4.90 Å². The van der Waals surface area contributed by atoms with Gasteiger partial charge in [0, 0.05) is 19.2 Å². The lowest BCUT2D eigenvalue weighted by molar-refractivity contribution is -0.124. The number of likely N-dealkylation sites (tertiary alicyclic amines) is 1. The second-order valence-electron chi connectivity index (χ2n) is 3.42. The quantitative estimate of drug-likeness (QED) is 0.682. The van der Waals surface area contributed by atoms with Crippen LogP contribution in [0.5, 0.6) is 0 Å². The average Bonchev–Trinajstić information content (AvgIpc) is 2.87. The summed E-state index contributed by atoms with van der Waals surface area (Å²) in [5.74, 6) is 0.147. The van der Waals surface area contributed by atoms with E-state index in [9.17, 15) is 4.79 Å². The summed E-state index contributed by atoms with van der Waals surface area (Å²) < 4.78 is 0. The Hall–Kier alpha value is -1.09. The van der Waals surface area contributed by atoms with Crippen molar-refractivity contribution in [3.05, 3.63) is 28.5 Å². The Morgan fingerprint density at radius 3 is 2.86 bits per heavy atom. The summed E-state index contributed by atoms with van der Waals surface area (Å²) in [6, 6.07) is 2.01. The van der Waals surface area contributed by atoms with Crippen LogP contribution in [0.15, 0.2) is 22.9 Å². The van der Waals surface area contributed by atoms with Gasteiger partial charge in [0.2, 0.25) is 5.91 Å². The van der Waals surface area contributed by atoms with E-state index in [0.29, 0.717) is 0 Å². The number of thiophene rings is 1. The number of carbonyl (C=O) groups is 1. The molecule has 0 bridgehead atoms. The molecule has 1 aliphatic heterocycles. The minimum atomic E-state index is 0.147. The van der Waals surface area contributed by atoms with E-state index >= 15 is 0 Å². The summed E-state index contributed by atoms with van der Waals surface area (Å²) >= 11 is 1.65. The summed E-state index contributed by atoms with van der Waals surface area (Å²) in [6.45, 7) is 1.85. The molecule has 3 heteroatoms. The van der Waals surface area contributed by atoms with Crippen molar-refractivity contribution in [3.63, 3.8) is 0 Å². The number of carbonyl (C=O) groups excluding carboxylic acids is 1. The van der Waals surface area contributed by atoms with Crippen molar-refractivity contribution in [2.45, 2.75) is 12.8 Å². The molecule has 0 unspecified atom stereocenters. The standard InChI is InChI=1S/C11H13NOS/c13-11(12-6-1-2-7-12)4-3-10-5-8-14-9-10/h3-5,8-9H,1-2,6-7H2/b4-3+. The fourth-order valence-electron chi connectivity index (χ4n) is 1.58. The highest BCUT2D eigenvalue weighted by atomic mass is 32.1. The second-order valence-corrected chi connectivity index (χ2v) is 4.20. The molecule has 14 heavy (non-hydrogen) atoms. The van der Waals surface area contributed by atoms with Gasteiger partial charge in [-0.15, -0.1) is 0 Å². The SMILES string of the molecule is O=C(/C=C/c1ccsc1)N1CCCC1. The number of amides is 1. The summed E-state index contributed by atoms with van der Waals surface area (Å²) in [7, 11) is 0. The van der Waals surface area contributed by atoms with E-state index in [1.54, 1.807) is 17.4 Å². The van der Waals surface area contributed by atoms with Crippen LogP contribution in [0, 0.1) is 0 Å². The first-order chi connectivity index (χ1) is 6.86. The van der Waals surface area contributed by atoms with Gasteiger partial charge in [-0.25, -0.2) is 0 Å². The topological polar surface area (TPSA) is 20.3 Å². The molecule has 1 amide bonds. The van der Waals surface area contributed by atoms with Gasteiger partial charge in [-0.05, 0) is 41.3 Å². The monoisotopic (exact) mass is 207 g/mol. The van der Waals surface area contributed by atoms with Crippen LogP contribution >= 0.6 is 11.3 Å². The Kier molecular flexibility index (Phi) is 2.99. The van der Waals surface area contributed by atoms with Gasteiger partial charge in [0.05, 0.1) is 0 Å². The van der Waals surface area contributed by atoms with Crippen molar-refractivity contribution in [1.29, 1.82) is 0 Å². The normalized spacial score (nSPS) is 16.7. The van der Waals surface area contributed by atoms with Gasteiger partial charge in [-0.2, -0.15) is 11.3 Å². The molecule has 0 saturated carbocycles. The van der Waals surface area contributed by atoms with E-state index in [0.717, 1.165) is 31.5 Å². The highest BCUT2D eigenvalue weighted by Gasteiger charge is 2.14. The molecule has 74 valence electrons. The first-order valence-corrected chi connectivity index (χ1v) is 5.80. The lowest BCUT2D eigenvalue weighted by Gasteiger charge is -2.11. The Morgan fingerprint density at radius 2 is 2.21 bits per heavy atom. The van der Waals surface area contributed by atoms with Crippen LogP contribution in [0.25, 0.3) is 6.08 Å². The number of nitrogens with zero attached hydrogens (tertiary/aromatic N) is 1. The van der Waals surface area contributed by atoms with Gasteiger partial charge >= 0.3 is 0 Å². The Balaban J connectivity index is 1.93. The fraction of sp³-hybridized carbons (Fsp3) is 0.364. The molecule has 1 fully saturated rings. The zero-order valence-corrected chi connectivity index (χ0v) is 8.80. The predicted molar refractivity (Wildman–Crippen MR) is 59.2 cm³/mol. The molecule has 2 nitrogen and oxygen atoms in total. The van der Waals surface area contributed by atoms with E-state index < -0.39 is 0 Å². The summed E-state index contributed by atoms with van der Waals surface area (Å²) in [5.41, 5.74) is 1.11. The van der Waals surface area contributed by atoms with Crippen LogP contribution in [-0.2, 0) is 4.79 Å². The Bertz CT molecular complexity index is 323. The molecular weight excluding hydrogens is 194 g/mol. The maximum Gasteiger partial charge on any atom is 0.246 e. The lowest BCUT2D eigenvalue weighted by Crippen LogP contribution is -2.25. The van der Waals surface area contributed by atoms with E-state index in [-0.39, 0.29) is 5.91 Å². The summed E-state index contributed by atoms with van der Waals surface area (Å²) in [4.78, 5) is 13.5. The Labute approximate surface area is 87.9 Å². The third-order valence-corrected chi connectivity index (χ3v) is 3.08. The van der Waals surface area contributed by atoms with Crippen molar-refractivity contribution < 1.29 is 4.79 Å². The zero-order valence-electron chi connectivity index (χ0n) is 7.98. The van der Waals surface area contributed by atoms with E-state index in [1.807, 2.05) is 27.8 Å². The van der Waals surface area contributed by atoms with Gasteiger partial charge in [0.1, 0.15) is 0 Å². The largest absolute Gasteiger partial charge is 0.339 e. The lowest BCUT2D eigenvalue weighted by atomic mass is 10.3. The van der Waals surface area contributed by atoms with E-state index in [2.05, 4.69) is 0 Å². The first kappa shape index (κ1) is 9.46. The molecular formula is C11H13NOS. The van der Waals surface area contributed by atoms with Crippen molar-refractivity contribution in [1.82, 2.24) is 4.90 Å². The van der Waals surface area contributed by atoms with Gasteiger partial charge in [0.25, 0.3) is 0 Å². The number of hydrogen-bond donors (Lipinski definition) is 0. The minimum absolute atomic E-state index is 0.147. The van der Waals surface area contributed by atoms with Crippen LogP contribution in [0.4, 0.5) is 0 Å². The summed E-state index contributed by atoms with van der Waals surface area (Å²) in [5, 5.41) is 4.05. The molecule has 0 N–H and O–H groups in total. The third kappa shape index (κ3) is 2.23. The number of rotatable bonds is 2. The molecule has 2 rings (SSSR count). The molecule has 0 aromatic carbocycles. The minimum Gasteiger partial charge on any atom is -0.339 e. The first-order valence-electron chi connectivity index (χ1n) is 4.85. The maximum atomic E-state index is 11.6. The van der Waals surface area contributed by atoms with Gasteiger partial charge in [-0.3, -0.25) is 4.79 Å². The zero-order chi connectivity index (χ0) is 9.80. The highest BCUT2D eigenvalue weighted by Crippen LogP contribution is 2.10. The van der Waals surface area contributed by atoms with Gasteiger partial charge in [-0.1, -0.05) is 0 Å². The van der Waals surface area contributed by atoms with Crippen molar-refractivity contribution in [3.8, 4) is 0 Å². The van der Waals surface area contributed by atoms with Crippen molar-refractivity contribution in [2.75, 3.05) is 13.1 Å². The predicted octanol–water partition coefficient (Wildman–Crippen LogP) is 2.38.